The summed E-state index contributed by atoms with van der Waals surface area (Å²) < 4.78 is 31.5. The van der Waals surface area contributed by atoms with Crippen molar-refractivity contribution in [2.24, 2.45) is 0 Å². The minimum absolute atomic E-state index is 0.00565. The van der Waals surface area contributed by atoms with Gasteiger partial charge in [-0.2, -0.15) is 0 Å². The first-order chi connectivity index (χ1) is 7.20. The van der Waals surface area contributed by atoms with Gasteiger partial charge in [-0.05, 0) is 18.6 Å². The molecule has 1 aromatic rings. The molecular weight excluding hydrogens is 202 g/mol. The van der Waals surface area contributed by atoms with Crippen molar-refractivity contribution in [3.05, 3.63) is 29.3 Å². The molecule has 0 saturated heterocycles. The molecule has 0 amide bonds. The van der Waals surface area contributed by atoms with Crippen LogP contribution in [0.15, 0.2) is 12.1 Å². The van der Waals surface area contributed by atoms with Crippen LogP contribution >= 0.6 is 0 Å². The molecule has 4 heteroatoms. The summed E-state index contributed by atoms with van der Waals surface area (Å²) in [6, 6.07) is 2.33. The molecule has 0 unspecified atom stereocenters. The molecule has 0 fully saturated rings. The van der Waals surface area contributed by atoms with Crippen LogP contribution in [0.5, 0.6) is 5.75 Å². The van der Waals surface area contributed by atoms with Crippen LogP contribution < -0.4 is 4.74 Å². The molecule has 84 valence electrons. The predicted octanol–water partition coefficient (Wildman–Crippen LogP) is 2.64. The van der Waals surface area contributed by atoms with Gasteiger partial charge in [0, 0.05) is 0 Å². The monoisotopic (exact) mass is 216 g/mol. The Balaban J connectivity index is 2.80. The molecule has 0 bridgehead atoms. The van der Waals surface area contributed by atoms with E-state index in [4.69, 9.17) is 9.84 Å². The molecule has 15 heavy (non-hydrogen) atoms. The topological polar surface area (TPSA) is 29.5 Å². The first-order valence-electron chi connectivity index (χ1n) is 4.91. The largest absolute Gasteiger partial charge is 0.491 e. The van der Waals surface area contributed by atoms with E-state index in [1.165, 1.54) is 6.07 Å². The summed E-state index contributed by atoms with van der Waals surface area (Å²) in [5.41, 5.74) is -0.344. The summed E-state index contributed by atoms with van der Waals surface area (Å²) in [7, 11) is 0. The van der Waals surface area contributed by atoms with Crippen LogP contribution in [-0.4, -0.2) is 11.7 Å². The number of aliphatic hydroxyl groups excluding tert-OH is 1. The Hall–Kier alpha value is -1.16. The molecule has 0 atom stereocenters. The van der Waals surface area contributed by atoms with E-state index in [9.17, 15) is 8.78 Å². The Bertz CT molecular complexity index is 327. The fourth-order valence-electron chi connectivity index (χ4n) is 1.16. The summed E-state index contributed by atoms with van der Waals surface area (Å²) in [4.78, 5) is 0. The Morgan fingerprint density at radius 3 is 2.67 bits per heavy atom. The zero-order valence-electron chi connectivity index (χ0n) is 8.59. The van der Waals surface area contributed by atoms with Crippen LogP contribution in [0.4, 0.5) is 8.78 Å². The van der Waals surface area contributed by atoms with Crippen molar-refractivity contribution >= 4 is 0 Å². The van der Waals surface area contributed by atoms with Crippen LogP contribution in [0.3, 0.4) is 0 Å². The molecule has 0 heterocycles. The number of benzene rings is 1. The number of hydrogen-bond donors (Lipinski definition) is 1. The van der Waals surface area contributed by atoms with Crippen LogP contribution in [-0.2, 0) is 6.61 Å². The van der Waals surface area contributed by atoms with Crippen molar-refractivity contribution in [1.82, 2.24) is 0 Å². The van der Waals surface area contributed by atoms with Gasteiger partial charge in [0.25, 0.3) is 0 Å². The lowest BCUT2D eigenvalue weighted by atomic mass is 10.2. The van der Waals surface area contributed by atoms with Crippen molar-refractivity contribution in [3.8, 4) is 5.75 Å². The lowest BCUT2D eigenvalue weighted by Gasteiger charge is -2.09. The Kier molecular flexibility index (Phi) is 4.49. The number of aliphatic hydroxyl groups is 1. The quantitative estimate of drug-likeness (QED) is 0.767. The Morgan fingerprint density at radius 2 is 2.07 bits per heavy atom. The van der Waals surface area contributed by atoms with Gasteiger partial charge in [-0.25, -0.2) is 8.78 Å². The van der Waals surface area contributed by atoms with Crippen LogP contribution in [0.1, 0.15) is 25.3 Å². The maximum absolute atomic E-state index is 13.4. The molecule has 0 spiro atoms. The van der Waals surface area contributed by atoms with Gasteiger partial charge in [0.05, 0.1) is 18.8 Å². The Morgan fingerprint density at radius 1 is 1.33 bits per heavy atom. The first kappa shape index (κ1) is 11.9. The van der Waals surface area contributed by atoms with Crippen molar-refractivity contribution in [3.63, 3.8) is 0 Å². The van der Waals surface area contributed by atoms with Crippen LogP contribution in [0.2, 0.25) is 0 Å². The zero-order valence-corrected chi connectivity index (χ0v) is 8.59. The van der Waals surface area contributed by atoms with E-state index >= 15 is 0 Å². The van der Waals surface area contributed by atoms with Gasteiger partial charge in [-0.15, -0.1) is 0 Å². The average Bonchev–Trinajstić information content (AvgIpc) is 2.22. The summed E-state index contributed by atoms with van der Waals surface area (Å²) in [6.07, 6.45) is 1.75. The third-order valence-corrected chi connectivity index (χ3v) is 2.06. The highest BCUT2D eigenvalue weighted by atomic mass is 19.1. The van der Waals surface area contributed by atoms with E-state index in [-0.39, 0.29) is 11.3 Å². The molecule has 0 radical (unpaired) electrons. The first-order valence-corrected chi connectivity index (χ1v) is 4.91. The van der Waals surface area contributed by atoms with E-state index in [0.29, 0.717) is 6.61 Å². The van der Waals surface area contributed by atoms with Crippen LogP contribution in [0.25, 0.3) is 0 Å². The maximum atomic E-state index is 13.4. The number of unbranched alkanes of at least 4 members (excludes halogenated alkanes) is 1. The molecule has 0 aromatic heterocycles. The molecule has 2 nitrogen and oxygen atoms in total. The lowest BCUT2D eigenvalue weighted by molar-refractivity contribution is 0.258. The van der Waals surface area contributed by atoms with Crippen molar-refractivity contribution < 1.29 is 18.6 Å². The van der Waals surface area contributed by atoms with Gasteiger partial charge in [0.1, 0.15) is 5.82 Å². The lowest BCUT2D eigenvalue weighted by Crippen LogP contribution is -2.03. The van der Waals surface area contributed by atoms with Gasteiger partial charge < -0.3 is 9.84 Å². The smallest absolute Gasteiger partial charge is 0.173 e. The number of halogens is 2. The molecule has 1 rings (SSSR count). The number of ether oxygens (including phenoxy) is 1. The number of hydrogen-bond acceptors (Lipinski definition) is 2. The molecule has 0 saturated carbocycles. The zero-order chi connectivity index (χ0) is 11.3. The second kappa shape index (κ2) is 5.66. The highest BCUT2D eigenvalue weighted by molar-refractivity contribution is 5.31. The molecule has 0 aliphatic carbocycles. The molecule has 0 aliphatic rings. The van der Waals surface area contributed by atoms with E-state index in [2.05, 4.69) is 0 Å². The third-order valence-electron chi connectivity index (χ3n) is 2.06. The van der Waals surface area contributed by atoms with Gasteiger partial charge in [0.2, 0.25) is 0 Å². The fraction of sp³-hybridized carbons (Fsp3) is 0.455. The van der Waals surface area contributed by atoms with Gasteiger partial charge in [-0.1, -0.05) is 13.3 Å². The summed E-state index contributed by atoms with van der Waals surface area (Å²) in [6.45, 7) is 1.72. The molecule has 0 aliphatic heterocycles. The average molecular weight is 216 g/mol. The van der Waals surface area contributed by atoms with E-state index in [0.717, 1.165) is 18.9 Å². The predicted molar refractivity (Wildman–Crippen MR) is 52.7 cm³/mol. The van der Waals surface area contributed by atoms with Crippen LogP contribution in [0, 0.1) is 11.6 Å². The standard InChI is InChI=1S/C11H14F2O2/c1-2-3-6-15-10-5-4-9(12)8(7-14)11(10)13/h4-5,14H,2-3,6-7H2,1H3. The van der Waals surface area contributed by atoms with Gasteiger partial charge >= 0.3 is 0 Å². The molecule has 1 aromatic carbocycles. The molecular formula is C11H14F2O2. The highest BCUT2D eigenvalue weighted by Crippen LogP contribution is 2.23. The second-order valence-corrected chi connectivity index (χ2v) is 3.20. The summed E-state index contributed by atoms with van der Waals surface area (Å²) >= 11 is 0. The van der Waals surface area contributed by atoms with E-state index < -0.39 is 18.2 Å². The number of rotatable bonds is 5. The van der Waals surface area contributed by atoms with Crippen molar-refractivity contribution in [2.45, 2.75) is 26.4 Å². The second-order valence-electron chi connectivity index (χ2n) is 3.20. The highest BCUT2D eigenvalue weighted by Gasteiger charge is 2.13. The minimum Gasteiger partial charge on any atom is -0.491 e. The van der Waals surface area contributed by atoms with E-state index in [1.54, 1.807) is 0 Å². The maximum Gasteiger partial charge on any atom is 0.173 e. The van der Waals surface area contributed by atoms with Crippen molar-refractivity contribution in [1.29, 1.82) is 0 Å². The summed E-state index contributed by atoms with van der Waals surface area (Å²) in [5, 5.41) is 8.76. The van der Waals surface area contributed by atoms with Crippen molar-refractivity contribution in [2.75, 3.05) is 6.61 Å². The minimum atomic E-state index is -0.811. The van der Waals surface area contributed by atoms with E-state index in [1.807, 2.05) is 6.92 Å². The van der Waals surface area contributed by atoms with Gasteiger partial charge in [-0.3, -0.25) is 0 Å². The van der Waals surface area contributed by atoms with Gasteiger partial charge in [0.15, 0.2) is 11.6 Å². The normalized spacial score (nSPS) is 10.4. The summed E-state index contributed by atoms with van der Waals surface area (Å²) in [5.74, 6) is -1.57. The Labute approximate surface area is 87.5 Å². The third kappa shape index (κ3) is 2.89. The molecule has 1 N–H and O–H groups in total. The SMILES string of the molecule is CCCCOc1ccc(F)c(CO)c1F. The fourth-order valence-corrected chi connectivity index (χ4v) is 1.16.